The zero-order valence-corrected chi connectivity index (χ0v) is 12.7. The molecule has 1 aromatic heterocycles. The Morgan fingerprint density at radius 3 is 2.81 bits per heavy atom. The van der Waals surface area contributed by atoms with Gasteiger partial charge in [-0.25, -0.2) is 18.5 Å². The molecular formula is C14H14ClN3O2S. The Morgan fingerprint density at radius 1 is 1.29 bits per heavy atom. The Hall–Kier alpha value is -1.63. The number of aromatic nitrogens is 1. The summed E-state index contributed by atoms with van der Waals surface area (Å²) in [5.41, 5.74) is 2.89. The number of anilines is 1. The van der Waals surface area contributed by atoms with Crippen LogP contribution in [0.25, 0.3) is 0 Å². The number of sulfonamides is 1. The Labute approximate surface area is 128 Å². The molecule has 110 valence electrons. The molecule has 2 N–H and O–H groups in total. The molecule has 21 heavy (non-hydrogen) atoms. The number of fused-ring (bicyclic) bond motifs is 1. The molecule has 2 heterocycles. The minimum absolute atomic E-state index is 0.156. The van der Waals surface area contributed by atoms with Gasteiger partial charge in [0.2, 0.25) is 10.0 Å². The second-order valence-electron chi connectivity index (χ2n) is 4.96. The first kappa shape index (κ1) is 14.3. The third-order valence-electron chi connectivity index (χ3n) is 3.50. The van der Waals surface area contributed by atoms with Gasteiger partial charge in [0.05, 0.1) is 17.1 Å². The quantitative estimate of drug-likeness (QED) is 0.876. The lowest BCUT2D eigenvalue weighted by atomic mass is 10.2. The van der Waals surface area contributed by atoms with Crippen LogP contribution in [-0.2, 0) is 23.0 Å². The average molecular weight is 324 g/mol. The lowest BCUT2D eigenvalue weighted by molar-refractivity contribution is 0.597. The fraction of sp³-hybridized carbons (Fsp3) is 0.214. The van der Waals surface area contributed by atoms with Crippen LogP contribution < -0.4 is 10.0 Å². The van der Waals surface area contributed by atoms with Crippen molar-refractivity contribution >= 4 is 27.3 Å². The zero-order valence-electron chi connectivity index (χ0n) is 11.2. The molecule has 1 aromatic carbocycles. The molecule has 0 saturated carbocycles. The maximum Gasteiger partial charge on any atom is 0.238 e. The second kappa shape index (κ2) is 5.29. The van der Waals surface area contributed by atoms with Crippen LogP contribution in [0.5, 0.6) is 0 Å². The predicted molar refractivity (Wildman–Crippen MR) is 81.8 cm³/mol. The van der Waals surface area contributed by atoms with E-state index in [4.69, 9.17) is 16.7 Å². The molecule has 0 aliphatic carbocycles. The van der Waals surface area contributed by atoms with Crippen molar-refractivity contribution in [2.24, 2.45) is 5.14 Å². The first-order valence-corrected chi connectivity index (χ1v) is 8.38. The van der Waals surface area contributed by atoms with Crippen molar-refractivity contribution in [1.29, 1.82) is 0 Å². The second-order valence-corrected chi connectivity index (χ2v) is 6.91. The summed E-state index contributed by atoms with van der Waals surface area (Å²) in [6, 6.07) is 10.5. The molecule has 5 nitrogen and oxygen atoms in total. The van der Waals surface area contributed by atoms with Crippen molar-refractivity contribution in [3.05, 3.63) is 52.8 Å². The number of halogens is 1. The van der Waals surface area contributed by atoms with E-state index in [9.17, 15) is 8.42 Å². The summed E-state index contributed by atoms with van der Waals surface area (Å²) >= 11 is 5.89. The molecule has 0 atom stereocenters. The number of benzene rings is 1. The maximum atomic E-state index is 11.4. The van der Waals surface area contributed by atoms with Gasteiger partial charge >= 0.3 is 0 Å². The molecule has 0 saturated heterocycles. The van der Waals surface area contributed by atoms with Crippen LogP contribution in [0.4, 0.5) is 5.69 Å². The first-order valence-electron chi connectivity index (χ1n) is 6.45. The monoisotopic (exact) mass is 323 g/mol. The van der Waals surface area contributed by atoms with Gasteiger partial charge in [-0.1, -0.05) is 17.7 Å². The number of nitrogens with two attached hydrogens (primary N) is 1. The van der Waals surface area contributed by atoms with E-state index in [2.05, 4.69) is 9.88 Å². The predicted octanol–water partition coefficient (Wildman–Crippen LogP) is 1.95. The highest BCUT2D eigenvalue weighted by molar-refractivity contribution is 7.89. The summed E-state index contributed by atoms with van der Waals surface area (Å²) < 4.78 is 22.8. The molecular weight excluding hydrogens is 310 g/mol. The minimum Gasteiger partial charge on any atom is -0.365 e. The molecule has 0 amide bonds. The third kappa shape index (κ3) is 3.02. The van der Waals surface area contributed by atoms with Gasteiger partial charge in [0.25, 0.3) is 0 Å². The van der Waals surface area contributed by atoms with Gasteiger partial charge in [0.15, 0.2) is 0 Å². The fourth-order valence-corrected chi connectivity index (χ4v) is 3.27. The summed E-state index contributed by atoms with van der Waals surface area (Å²) in [6.07, 6.45) is 0.791. The SMILES string of the molecule is NS(=O)(=O)c1ccc2c(c1)CCN2Cc1cccc(Cl)n1. The normalized spacial score (nSPS) is 14.3. The van der Waals surface area contributed by atoms with Gasteiger partial charge in [0, 0.05) is 12.2 Å². The summed E-state index contributed by atoms with van der Waals surface area (Å²) in [5.74, 6) is 0. The highest BCUT2D eigenvalue weighted by Crippen LogP contribution is 2.30. The van der Waals surface area contributed by atoms with Crippen molar-refractivity contribution < 1.29 is 8.42 Å². The van der Waals surface area contributed by atoms with E-state index in [1.807, 2.05) is 12.1 Å². The van der Waals surface area contributed by atoms with Crippen LogP contribution in [0.2, 0.25) is 5.15 Å². The highest BCUT2D eigenvalue weighted by Gasteiger charge is 2.21. The van der Waals surface area contributed by atoms with E-state index in [1.165, 1.54) is 6.07 Å². The minimum atomic E-state index is -3.65. The first-order chi connectivity index (χ1) is 9.93. The number of pyridine rings is 1. The smallest absolute Gasteiger partial charge is 0.238 e. The van der Waals surface area contributed by atoms with E-state index in [-0.39, 0.29) is 4.90 Å². The maximum absolute atomic E-state index is 11.4. The van der Waals surface area contributed by atoms with Crippen molar-refractivity contribution in [2.75, 3.05) is 11.4 Å². The van der Waals surface area contributed by atoms with E-state index in [1.54, 1.807) is 18.2 Å². The Balaban J connectivity index is 1.87. The largest absolute Gasteiger partial charge is 0.365 e. The standard InChI is InChI=1S/C14H14ClN3O2S/c15-14-3-1-2-11(17-14)9-18-7-6-10-8-12(21(16,19)20)4-5-13(10)18/h1-5,8H,6-7,9H2,(H2,16,19,20). The average Bonchev–Trinajstić information content (AvgIpc) is 2.80. The molecule has 1 aliphatic heterocycles. The molecule has 3 rings (SSSR count). The molecule has 0 spiro atoms. The van der Waals surface area contributed by atoms with Crippen LogP contribution in [0.3, 0.4) is 0 Å². The summed E-state index contributed by atoms with van der Waals surface area (Å²) in [4.78, 5) is 6.58. The fourth-order valence-electron chi connectivity index (χ4n) is 2.52. The van der Waals surface area contributed by atoms with Crippen molar-refractivity contribution in [1.82, 2.24) is 4.98 Å². The Bertz CT molecular complexity index is 793. The Kier molecular flexibility index (Phi) is 3.61. The number of rotatable bonds is 3. The van der Waals surface area contributed by atoms with Gasteiger partial charge in [-0.15, -0.1) is 0 Å². The van der Waals surface area contributed by atoms with Crippen molar-refractivity contribution in [3.8, 4) is 0 Å². The van der Waals surface area contributed by atoms with Crippen LogP contribution >= 0.6 is 11.6 Å². The van der Waals surface area contributed by atoms with Crippen LogP contribution in [0.15, 0.2) is 41.3 Å². The van der Waals surface area contributed by atoms with Gasteiger partial charge in [-0.05, 0) is 42.3 Å². The third-order valence-corrected chi connectivity index (χ3v) is 4.62. The van der Waals surface area contributed by atoms with Gasteiger partial charge < -0.3 is 4.90 Å². The summed E-state index contributed by atoms with van der Waals surface area (Å²) in [7, 11) is -3.65. The zero-order chi connectivity index (χ0) is 15.0. The molecule has 0 unspecified atom stereocenters. The topological polar surface area (TPSA) is 76.3 Å². The number of primary sulfonamides is 1. The highest BCUT2D eigenvalue weighted by atomic mass is 35.5. The van der Waals surface area contributed by atoms with Crippen LogP contribution in [-0.4, -0.2) is 19.9 Å². The van der Waals surface area contributed by atoms with Crippen LogP contribution in [0.1, 0.15) is 11.3 Å². The van der Waals surface area contributed by atoms with Gasteiger partial charge in [0.1, 0.15) is 5.15 Å². The van der Waals surface area contributed by atoms with E-state index in [0.29, 0.717) is 11.7 Å². The van der Waals surface area contributed by atoms with Crippen molar-refractivity contribution in [3.63, 3.8) is 0 Å². The summed E-state index contributed by atoms with van der Waals surface area (Å²) in [6.45, 7) is 1.46. The van der Waals surface area contributed by atoms with E-state index >= 15 is 0 Å². The lowest BCUT2D eigenvalue weighted by Crippen LogP contribution is -2.20. The van der Waals surface area contributed by atoms with Crippen LogP contribution in [0, 0.1) is 0 Å². The molecule has 2 aromatic rings. The van der Waals surface area contributed by atoms with E-state index in [0.717, 1.165) is 29.9 Å². The number of hydrogen-bond donors (Lipinski definition) is 1. The number of nitrogens with zero attached hydrogens (tertiary/aromatic N) is 2. The molecule has 0 radical (unpaired) electrons. The molecule has 7 heteroatoms. The van der Waals surface area contributed by atoms with E-state index < -0.39 is 10.0 Å². The summed E-state index contributed by atoms with van der Waals surface area (Å²) in [5, 5.41) is 5.63. The van der Waals surface area contributed by atoms with Gasteiger partial charge in [-0.3, -0.25) is 0 Å². The molecule has 0 bridgehead atoms. The molecule has 1 aliphatic rings. The Morgan fingerprint density at radius 2 is 2.10 bits per heavy atom. The van der Waals surface area contributed by atoms with Gasteiger partial charge in [-0.2, -0.15) is 0 Å². The number of hydrogen-bond acceptors (Lipinski definition) is 4. The lowest BCUT2D eigenvalue weighted by Gasteiger charge is -2.19. The molecule has 0 fully saturated rings. The van der Waals surface area contributed by atoms with Crippen molar-refractivity contribution in [2.45, 2.75) is 17.9 Å².